The number of pyridine rings is 1. The molecule has 2 N–H and O–H groups in total. The number of anilines is 2. The van der Waals surface area contributed by atoms with Gasteiger partial charge < -0.3 is 10.6 Å². The molecule has 3 rings (SSSR count). The molecule has 1 fully saturated rings. The summed E-state index contributed by atoms with van der Waals surface area (Å²) in [4.78, 5) is 13.5. The maximum absolute atomic E-state index is 6.00. The number of rotatable bonds is 5. The number of nitrogens with zero attached hydrogens (tertiary/aromatic N) is 3. The lowest BCUT2D eigenvalue weighted by Gasteiger charge is -2.24. The van der Waals surface area contributed by atoms with Crippen molar-refractivity contribution in [3.8, 4) is 0 Å². The molecule has 1 saturated carbocycles. The second-order valence-corrected chi connectivity index (χ2v) is 6.84. The summed E-state index contributed by atoms with van der Waals surface area (Å²) >= 11 is 6.00. The number of nitrogens with one attached hydrogen (secondary N) is 2. The predicted molar refractivity (Wildman–Crippen MR) is 98.6 cm³/mol. The third-order valence-corrected chi connectivity index (χ3v) is 4.78. The molecule has 0 spiro atoms. The van der Waals surface area contributed by atoms with Crippen LogP contribution in [-0.2, 0) is 6.54 Å². The third-order valence-electron chi connectivity index (χ3n) is 4.54. The fourth-order valence-electron chi connectivity index (χ4n) is 3.00. The number of aromatic nitrogens is 3. The molecule has 0 aromatic carbocycles. The molecule has 0 aliphatic heterocycles. The van der Waals surface area contributed by atoms with Crippen molar-refractivity contribution in [3.05, 3.63) is 40.3 Å². The largest absolute Gasteiger partial charge is 0.367 e. The van der Waals surface area contributed by atoms with Crippen LogP contribution in [0.4, 0.5) is 11.8 Å². The molecule has 24 heavy (non-hydrogen) atoms. The van der Waals surface area contributed by atoms with E-state index < -0.39 is 0 Å². The number of hydrogen-bond acceptors (Lipinski definition) is 5. The fraction of sp³-hybridized carbons (Fsp3) is 0.500. The summed E-state index contributed by atoms with van der Waals surface area (Å²) in [7, 11) is 0. The van der Waals surface area contributed by atoms with Gasteiger partial charge in [-0.15, -0.1) is 0 Å². The molecule has 0 unspecified atom stereocenters. The molecule has 6 heteroatoms. The predicted octanol–water partition coefficient (Wildman–Crippen LogP) is 4.50. The van der Waals surface area contributed by atoms with Crippen LogP contribution in [0, 0.1) is 13.8 Å². The molecule has 0 bridgehead atoms. The van der Waals surface area contributed by atoms with Crippen LogP contribution >= 0.6 is 11.6 Å². The first-order chi connectivity index (χ1) is 11.6. The summed E-state index contributed by atoms with van der Waals surface area (Å²) in [5, 5.41) is 7.54. The van der Waals surface area contributed by atoms with E-state index in [1.54, 1.807) is 12.3 Å². The Morgan fingerprint density at radius 1 is 1.17 bits per heavy atom. The van der Waals surface area contributed by atoms with Crippen molar-refractivity contribution in [2.45, 2.75) is 58.5 Å². The van der Waals surface area contributed by atoms with Crippen molar-refractivity contribution in [2.24, 2.45) is 0 Å². The highest BCUT2D eigenvalue weighted by atomic mass is 35.5. The minimum atomic E-state index is 0.522. The van der Waals surface area contributed by atoms with Crippen LogP contribution in [0.3, 0.4) is 0 Å². The summed E-state index contributed by atoms with van der Waals surface area (Å²) < 4.78 is 0. The van der Waals surface area contributed by atoms with E-state index in [1.165, 1.54) is 32.1 Å². The number of hydrogen-bond donors (Lipinski definition) is 2. The van der Waals surface area contributed by atoms with E-state index >= 15 is 0 Å². The van der Waals surface area contributed by atoms with Crippen molar-refractivity contribution in [3.63, 3.8) is 0 Å². The maximum atomic E-state index is 6.00. The van der Waals surface area contributed by atoms with Crippen LogP contribution in [-0.4, -0.2) is 21.0 Å². The van der Waals surface area contributed by atoms with Crippen LogP contribution in [0.25, 0.3) is 0 Å². The SMILES string of the molecule is Cc1nc(NCc2cc(Cl)ccn2)nc(NC2CCCCC2)c1C. The van der Waals surface area contributed by atoms with Gasteiger partial charge in [0, 0.05) is 28.5 Å². The third kappa shape index (κ3) is 4.35. The highest BCUT2D eigenvalue weighted by Crippen LogP contribution is 2.24. The summed E-state index contributed by atoms with van der Waals surface area (Å²) in [5.41, 5.74) is 2.97. The van der Waals surface area contributed by atoms with Gasteiger partial charge in [-0.25, -0.2) is 4.98 Å². The Bertz CT molecular complexity index is 698. The van der Waals surface area contributed by atoms with E-state index in [-0.39, 0.29) is 0 Å². The first-order valence-corrected chi connectivity index (χ1v) is 8.95. The Kier molecular flexibility index (Phi) is 5.51. The molecule has 128 valence electrons. The van der Waals surface area contributed by atoms with Crippen LogP contribution < -0.4 is 10.6 Å². The fourth-order valence-corrected chi connectivity index (χ4v) is 3.19. The highest BCUT2D eigenvalue weighted by molar-refractivity contribution is 6.30. The van der Waals surface area contributed by atoms with Gasteiger partial charge in [-0.05, 0) is 38.8 Å². The van der Waals surface area contributed by atoms with Crippen molar-refractivity contribution in [2.75, 3.05) is 10.6 Å². The molecular formula is C18H24ClN5. The van der Waals surface area contributed by atoms with Crippen molar-refractivity contribution < 1.29 is 0 Å². The lowest BCUT2D eigenvalue weighted by Crippen LogP contribution is -2.24. The minimum Gasteiger partial charge on any atom is -0.367 e. The zero-order valence-electron chi connectivity index (χ0n) is 14.3. The van der Waals surface area contributed by atoms with Crippen LogP contribution in [0.5, 0.6) is 0 Å². The Morgan fingerprint density at radius 2 is 1.96 bits per heavy atom. The summed E-state index contributed by atoms with van der Waals surface area (Å²) in [6.45, 7) is 4.64. The van der Waals surface area contributed by atoms with Gasteiger partial charge in [-0.1, -0.05) is 30.9 Å². The highest BCUT2D eigenvalue weighted by Gasteiger charge is 2.16. The second kappa shape index (κ2) is 7.79. The standard InChI is InChI=1S/C18H24ClN5/c1-12-13(2)22-18(21-11-16-10-14(19)8-9-20-16)24-17(12)23-15-6-4-3-5-7-15/h8-10,15H,3-7,11H2,1-2H3,(H2,21,22,23,24). The van der Waals surface area contributed by atoms with Gasteiger partial charge in [0.1, 0.15) is 5.82 Å². The second-order valence-electron chi connectivity index (χ2n) is 6.40. The van der Waals surface area contributed by atoms with Gasteiger partial charge >= 0.3 is 0 Å². The lowest BCUT2D eigenvalue weighted by atomic mass is 9.95. The first kappa shape index (κ1) is 17.0. The van der Waals surface area contributed by atoms with E-state index in [2.05, 4.69) is 32.5 Å². The minimum absolute atomic E-state index is 0.522. The lowest BCUT2D eigenvalue weighted by molar-refractivity contribution is 0.461. The Hall–Kier alpha value is -1.88. The molecule has 2 aromatic heterocycles. The van der Waals surface area contributed by atoms with Gasteiger partial charge in [-0.2, -0.15) is 4.98 Å². The van der Waals surface area contributed by atoms with E-state index in [4.69, 9.17) is 11.6 Å². The maximum Gasteiger partial charge on any atom is 0.225 e. The zero-order chi connectivity index (χ0) is 16.9. The molecule has 0 atom stereocenters. The number of aryl methyl sites for hydroxylation is 1. The molecule has 2 heterocycles. The molecule has 0 radical (unpaired) electrons. The zero-order valence-corrected chi connectivity index (χ0v) is 15.0. The Labute approximate surface area is 148 Å². The van der Waals surface area contributed by atoms with E-state index in [0.717, 1.165) is 22.8 Å². The van der Waals surface area contributed by atoms with Crippen molar-refractivity contribution in [1.82, 2.24) is 15.0 Å². The Morgan fingerprint density at radius 3 is 2.71 bits per heavy atom. The summed E-state index contributed by atoms with van der Waals surface area (Å²) in [5.74, 6) is 1.56. The molecule has 0 saturated heterocycles. The van der Waals surface area contributed by atoms with Crippen molar-refractivity contribution in [1.29, 1.82) is 0 Å². The smallest absolute Gasteiger partial charge is 0.225 e. The van der Waals surface area contributed by atoms with Gasteiger partial charge in [0.15, 0.2) is 0 Å². The molecule has 0 amide bonds. The molecule has 5 nitrogen and oxygen atoms in total. The molecule has 1 aliphatic carbocycles. The summed E-state index contributed by atoms with van der Waals surface area (Å²) in [6, 6.07) is 4.13. The van der Waals surface area contributed by atoms with Gasteiger partial charge in [0.2, 0.25) is 5.95 Å². The van der Waals surface area contributed by atoms with Crippen molar-refractivity contribution >= 4 is 23.4 Å². The average molecular weight is 346 g/mol. The van der Waals surface area contributed by atoms with E-state index in [0.29, 0.717) is 23.6 Å². The van der Waals surface area contributed by atoms with Gasteiger partial charge in [0.25, 0.3) is 0 Å². The average Bonchev–Trinajstić information content (AvgIpc) is 2.58. The van der Waals surface area contributed by atoms with Crippen LogP contribution in [0.1, 0.15) is 49.1 Å². The van der Waals surface area contributed by atoms with E-state index in [1.807, 2.05) is 13.0 Å². The molecule has 2 aromatic rings. The van der Waals surface area contributed by atoms with E-state index in [9.17, 15) is 0 Å². The topological polar surface area (TPSA) is 62.7 Å². The monoisotopic (exact) mass is 345 g/mol. The quantitative estimate of drug-likeness (QED) is 0.835. The molecule has 1 aliphatic rings. The Balaban J connectivity index is 1.71. The van der Waals surface area contributed by atoms with Crippen LogP contribution in [0.2, 0.25) is 5.02 Å². The summed E-state index contributed by atoms with van der Waals surface area (Å²) in [6.07, 6.45) is 8.09. The van der Waals surface area contributed by atoms with Gasteiger partial charge in [0.05, 0.1) is 12.2 Å². The normalized spacial score (nSPS) is 15.3. The molecular weight excluding hydrogens is 322 g/mol. The van der Waals surface area contributed by atoms with Gasteiger partial charge in [-0.3, -0.25) is 4.98 Å². The first-order valence-electron chi connectivity index (χ1n) is 8.58. The number of halogens is 1. The van der Waals surface area contributed by atoms with Crippen LogP contribution in [0.15, 0.2) is 18.3 Å².